The molecule has 0 spiro atoms. The molecule has 8 aromatic carbocycles. The van der Waals surface area contributed by atoms with Gasteiger partial charge in [0.15, 0.2) is 0 Å². The van der Waals surface area contributed by atoms with Gasteiger partial charge in [-0.15, -0.1) is 0 Å². The normalized spacial score (nSPS) is 11.1. The van der Waals surface area contributed by atoms with Crippen LogP contribution in [-0.4, -0.2) is 4.57 Å². The van der Waals surface area contributed by atoms with Gasteiger partial charge in [-0.25, -0.2) is 0 Å². The summed E-state index contributed by atoms with van der Waals surface area (Å²) < 4.78 is 2.20. The average Bonchev–Trinajstić information content (AvgIpc) is 3.53. The Morgan fingerprint density at radius 2 is 0.902 bits per heavy atom. The van der Waals surface area contributed by atoms with E-state index in [-0.39, 0.29) is 0 Å². The first-order chi connectivity index (χ1) is 25.2. The number of hydrogen-bond acceptors (Lipinski definition) is 3. The Hall–Kier alpha value is -7.45. The lowest BCUT2D eigenvalue weighted by molar-refractivity contribution is 1.18. The van der Waals surface area contributed by atoms with Crippen molar-refractivity contribution in [3.63, 3.8) is 0 Å². The minimum atomic E-state index is 0.488. The third-order valence-corrected chi connectivity index (χ3v) is 9.88. The number of rotatable bonds is 4. The van der Waals surface area contributed by atoms with Gasteiger partial charge in [0.05, 0.1) is 45.9 Å². The summed E-state index contributed by atoms with van der Waals surface area (Å²) in [6, 6.07) is 60.1. The lowest BCUT2D eigenvalue weighted by Crippen LogP contribution is -1.99. The SMILES string of the molecule is N#Cc1ccc2c(c1)c1ccccc1n2-c1cccc(-c2c(C#N)ccc(C#N)c2-c2c3ccccc3c(-c3ccccc3)c3ccccc23)c1. The second-order valence-corrected chi connectivity index (χ2v) is 12.6. The van der Waals surface area contributed by atoms with Gasteiger partial charge in [-0.05, 0) is 92.3 Å². The minimum absolute atomic E-state index is 0.488. The molecular weight excluding hydrogens is 621 g/mol. The Balaban J connectivity index is 1.38. The van der Waals surface area contributed by atoms with E-state index in [2.05, 4.69) is 108 Å². The van der Waals surface area contributed by atoms with Gasteiger partial charge in [0.25, 0.3) is 0 Å². The summed E-state index contributed by atoms with van der Waals surface area (Å²) >= 11 is 0. The van der Waals surface area contributed by atoms with Crippen molar-refractivity contribution in [2.24, 2.45) is 0 Å². The first-order valence-electron chi connectivity index (χ1n) is 16.7. The fourth-order valence-corrected chi connectivity index (χ4v) is 7.78. The van der Waals surface area contributed by atoms with E-state index < -0.39 is 0 Å². The summed E-state index contributed by atoms with van der Waals surface area (Å²) in [6.45, 7) is 0. The highest BCUT2D eigenvalue weighted by Crippen LogP contribution is 2.48. The highest BCUT2D eigenvalue weighted by atomic mass is 15.0. The average molecular weight is 647 g/mol. The minimum Gasteiger partial charge on any atom is -0.309 e. The van der Waals surface area contributed by atoms with Crippen LogP contribution < -0.4 is 0 Å². The highest BCUT2D eigenvalue weighted by molar-refractivity contribution is 6.23. The number of nitriles is 3. The summed E-state index contributed by atoms with van der Waals surface area (Å²) in [4.78, 5) is 0. The monoisotopic (exact) mass is 646 g/mol. The maximum atomic E-state index is 10.7. The zero-order valence-corrected chi connectivity index (χ0v) is 27.3. The van der Waals surface area contributed by atoms with Crippen LogP contribution in [-0.2, 0) is 0 Å². The van der Waals surface area contributed by atoms with E-state index in [0.29, 0.717) is 22.3 Å². The van der Waals surface area contributed by atoms with Crippen LogP contribution in [0.5, 0.6) is 0 Å². The van der Waals surface area contributed by atoms with Crippen LogP contribution >= 0.6 is 0 Å². The van der Waals surface area contributed by atoms with Crippen LogP contribution in [0, 0.1) is 34.0 Å². The second kappa shape index (κ2) is 11.9. The molecule has 0 saturated heterocycles. The molecule has 1 heterocycles. The van der Waals surface area contributed by atoms with Gasteiger partial charge in [0.2, 0.25) is 0 Å². The summed E-state index contributed by atoms with van der Waals surface area (Å²) in [5.74, 6) is 0. The zero-order valence-electron chi connectivity index (χ0n) is 27.3. The molecule has 0 fully saturated rings. The molecule has 0 N–H and O–H groups in total. The van der Waals surface area contributed by atoms with Gasteiger partial charge in [-0.2, -0.15) is 15.8 Å². The van der Waals surface area contributed by atoms with Crippen molar-refractivity contribution in [3.8, 4) is 57.3 Å². The summed E-state index contributed by atoms with van der Waals surface area (Å²) in [7, 11) is 0. The molecule has 0 saturated carbocycles. The molecule has 9 aromatic rings. The van der Waals surface area contributed by atoms with Gasteiger partial charge in [0, 0.05) is 27.6 Å². The van der Waals surface area contributed by atoms with Gasteiger partial charge in [-0.3, -0.25) is 0 Å². The van der Waals surface area contributed by atoms with Crippen molar-refractivity contribution in [3.05, 3.63) is 174 Å². The number of aromatic nitrogens is 1. The maximum absolute atomic E-state index is 10.7. The Labute approximate surface area is 294 Å². The molecule has 4 heteroatoms. The van der Waals surface area contributed by atoms with Crippen LogP contribution in [0.2, 0.25) is 0 Å². The predicted octanol–water partition coefficient (Wildman–Crippen LogP) is 11.7. The number of nitrogens with zero attached hydrogens (tertiary/aromatic N) is 4. The fraction of sp³-hybridized carbons (Fsp3) is 0. The fourth-order valence-electron chi connectivity index (χ4n) is 7.78. The van der Waals surface area contributed by atoms with E-state index in [1.807, 2.05) is 60.7 Å². The molecule has 0 atom stereocenters. The third kappa shape index (κ3) is 4.58. The van der Waals surface area contributed by atoms with Crippen LogP contribution in [0.25, 0.3) is 82.4 Å². The molecular formula is C47H26N4. The second-order valence-electron chi connectivity index (χ2n) is 12.6. The largest absolute Gasteiger partial charge is 0.309 e. The first kappa shape index (κ1) is 29.7. The maximum Gasteiger partial charge on any atom is 0.0998 e. The van der Waals surface area contributed by atoms with E-state index in [1.54, 1.807) is 12.1 Å². The standard InChI is InChI=1S/C47H26N4/c48-27-30-21-24-43-41(25-30)36-15-8-9-20-42(36)51(43)35-14-10-13-32(26-35)44-33(28-49)22-23-34(29-50)46(44)47-39-18-6-4-16-37(39)45(31-11-2-1-3-12-31)38-17-5-7-19-40(38)47/h1-26H. The number of benzene rings is 8. The molecule has 9 rings (SSSR count). The summed E-state index contributed by atoms with van der Waals surface area (Å²) in [5, 5.41) is 37.3. The smallest absolute Gasteiger partial charge is 0.0998 e. The Morgan fingerprint density at radius 3 is 1.55 bits per heavy atom. The van der Waals surface area contributed by atoms with Gasteiger partial charge >= 0.3 is 0 Å². The van der Waals surface area contributed by atoms with E-state index >= 15 is 0 Å². The van der Waals surface area contributed by atoms with E-state index in [9.17, 15) is 15.8 Å². The summed E-state index contributed by atoms with van der Waals surface area (Å²) in [5.41, 5.74) is 9.96. The van der Waals surface area contributed by atoms with Gasteiger partial charge < -0.3 is 4.57 Å². The number of hydrogen-bond donors (Lipinski definition) is 0. The van der Waals surface area contributed by atoms with Gasteiger partial charge in [0.1, 0.15) is 0 Å². The lowest BCUT2D eigenvalue weighted by atomic mass is 9.81. The van der Waals surface area contributed by atoms with Crippen LogP contribution in [0.3, 0.4) is 0 Å². The molecule has 0 amide bonds. The molecule has 0 aliphatic rings. The molecule has 0 radical (unpaired) electrons. The molecule has 0 unspecified atom stereocenters. The summed E-state index contributed by atoms with van der Waals surface area (Å²) in [6.07, 6.45) is 0. The predicted molar refractivity (Wildman–Crippen MR) is 206 cm³/mol. The number of fused-ring (bicyclic) bond motifs is 5. The van der Waals surface area contributed by atoms with Crippen molar-refractivity contribution in [1.29, 1.82) is 15.8 Å². The van der Waals surface area contributed by atoms with Crippen LogP contribution in [0.1, 0.15) is 16.7 Å². The molecule has 234 valence electrons. The Kier molecular flexibility index (Phi) is 6.93. The Morgan fingerprint density at radius 1 is 0.353 bits per heavy atom. The first-order valence-corrected chi connectivity index (χ1v) is 16.7. The van der Waals surface area contributed by atoms with Crippen molar-refractivity contribution >= 4 is 43.4 Å². The molecule has 1 aromatic heterocycles. The molecule has 0 aliphatic heterocycles. The lowest BCUT2D eigenvalue weighted by Gasteiger charge is -2.21. The molecule has 0 aliphatic carbocycles. The zero-order chi connectivity index (χ0) is 34.5. The third-order valence-electron chi connectivity index (χ3n) is 9.88. The van der Waals surface area contributed by atoms with E-state index in [0.717, 1.165) is 76.9 Å². The van der Waals surface area contributed by atoms with Crippen LogP contribution in [0.4, 0.5) is 0 Å². The molecule has 51 heavy (non-hydrogen) atoms. The van der Waals surface area contributed by atoms with Crippen molar-refractivity contribution in [2.45, 2.75) is 0 Å². The molecule has 0 bridgehead atoms. The van der Waals surface area contributed by atoms with Crippen molar-refractivity contribution < 1.29 is 0 Å². The topological polar surface area (TPSA) is 76.3 Å². The molecule has 4 nitrogen and oxygen atoms in total. The highest BCUT2D eigenvalue weighted by Gasteiger charge is 2.24. The van der Waals surface area contributed by atoms with Crippen molar-refractivity contribution in [1.82, 2.24) is 4.57 Å². The quantitative estimate of drug-likeness (QED) is 0.179. The van der Waals surface area contributed by atoms with E-state index in [4.69, 9.17) is 0 Å². The number of para-hydroxylation sites is 1. The van der Waals surface area contributed by atoms with E-state index in [1.165, 1.54) is 0 Å². The Bertz CT molecular complexity index is 2940. The van der Waals surface area contributed by atoms with Crippen LogP contribution in [0.15, 0.2) is 158 Å². The van der Waals surface area contributed by atoms with Crippen molar-refractivity contribution in [2.75, 3.05) is 0 Å². The van der Waals surface area contributed by atoms with Gasteiger partial charge in [-0.1, -0.05) is 109 Å².